The highest BCUT2D eigenvalue weighted by atomic mass is 16.4. The zero-order valence-corrected chi connectivity index (χ0v) is 12.5. The first kappa shape index (κ1) is 14.6. The number of urea groups is 1. The van der Waals surface area contributed by atoms with E-state index in [2.05, 4.69) is 10.2 Å². The topological polar surface area (TPSA) is 72.9 Å². The molecule has 6 nitrogen and oxygen atoms in total. The number of carboxylic acid groups (broad SMARTS) is 1. The van der Waals surface area contributed by atoms with Gasteiger partial charge in [-0.1, -0.05) is 0 Å². The van der Waals surface area contributed by atoms with E-state index in [4.69, 9.17) is 0 Å². The average Bonchev–Trinajstić information content (AvgIpc) is 3.18. The van der Waals surface area contributed by atoms with Gasteiger partial charge in [-0.25, -0.2) is 4.79 Å². The summed E-state index contributed by atoms with van der Waals surface area (Å²) in [6.07, 6.45) is 5.97. The Morgan fingerprint density at radius 3 is 2.62 bits per heavy atom. The summed E-state index contributed by atoms with van der Waals surface area (Å²) in [5.74, 6) is -1.12. The van der Waals surface area contributed by atoms with Crippen LogP contribution in [0.3, 0.4) is 0 Å². The molecule has 3 aliphatic rings. The SMILES string of the molecule is O=C(O)C1CC2CCC1N2C(=O)NCCCN1CCCC1. The molecule has 6 heteroatoms. The fraction of sp³-hybridized carbons (Fsp3) is 0.867. The fourth-order valence-electron chi connectivity index (χ4n) is 4.17. The zero-order valence-electron chi connectivity index (χ0n) is 12.5. The van der Waals surface area contributed by atoms with Crippen molar-refractivity contribution in [3.05, 3.63) is 0 Å². The third kappa shape index (κ3) is 3.00. The maximum Gasteiger partial charge on any atom is 0.317 e. The minimum atomic E-state index is -0.756. The molecule has 0 aliphatic carbocycles. The van der Waals surface area contributed by atoms with Crippen molar-refractivity contribution in [2.24, 2.45) is 5.92 Å². The van der Waals surface area contributed by atoms with Crippen LogP contribution in [0.2, 0.25) is 0 Å². The Morgan fingerprint density at radius 2 is 1.95 bits per heavy atom. The lowest BCUT2D eigenvalue weighted by atomic mass is 9.89. The number of rotatable bonds is 5. The van der Waals surface area contributed by atoms with Crippen molar-refractivity contribution < 1.29 is 14.7 Å². The Balaban J connectivity index is 1.42. The molecular weight excluding hydrogens is 270 g/mol. The summed E-state index contributed by atoms with van der Waals surface area (Å²) in [6, 6.07) is -0.0200. The lowest BCUT2D eigenvalue weighted by Crippen LogP contribution is -2.44. The van der Waals surface area contributed by atoms with E-state index in [0.717, 1.165) is 25.8 Å². The molecule has 3 unspecified atom stereocenters. The molecule has 3 atom stereocenters. The van der Waals surface area contributed by atoms with E-state index in [9.17, 15) is 14.7 Å². The maximum absolute atomic E-state index is 12.3. The molecule has 118 valence electrons. The van der Waals surface area contributed by atoms with Crippen LogP contribution < -0.4 is 5.32 Å². The molecule has 3 rings (SSSR count). The second kappa shape index (κ2) is 6.22. The van der Waals surface area contributed by atoms with E-state index in [1.165, 1.54) is 25.9 Å². The Morgan fingerprint density at radius 1 is 1.19 bits per heavy atom. The number of hydrogen-bond donors (Lipinski definition) is 2. The van der Waals surface area contributed by atoms with Gasteiger partial charge in [0.25, 0.3) is 0 Å². The highest BCUT2D eigenvalue weighted by molar-refractivity contribution is 5.79. The van der Waals surface area contributed by atoms with Crippen molar-refractivity contribution >= 4 is 12.0 Å². The van der Waals surface area contributed by atoms with E-state index in [1.54, 1.807) is 4.90 Å². The Labute approximate surface area is 125 Å². The van der Waals surface area contributed by atoms with Gasteiger partial charge in [-0.2, -0.15) is 0 Å². The molecular formula is C15H25N3O3. The van der Waals surface area contributed by atoms with Crippen LogP contribution in [0.15, 0.2) is 0 Å². The van der Waals surface area contributed by atoms with Gasteiger partial charge in [-0.15, -0.1) is 0 Å². The summed E-state index contributed by atoms with van der Waals surface area (Å²) in [5, 5.41) is 12.2. The van der Waals surface area contributed by atoms with E-state index >= 15 is 0 Å². The van der Waals surface area contributed by atoms with E-state index in [0.29, 0.717) is 13.0 Å². The molecule has 0 aromatic heterocycles. The fourth-order valence-corrected chi connectivity index (χ4v) is 4.17. The van der Waals surface area contributed by atoms with Crippen LogP contribution in [-0.2, 0) is 4.79 Å². The number of likely N-dealkylation sites (tertiary alicyclic amines) is 1. The normalized spacial score (nSPS) is 31.8. The summed E-state index contributed by atoms with van der Waals surface area (Å²) in [6.45, 7) is 4.10. The minimum absolute atomic E-state index is 0.0623. The summed E-state index contributed by atoms with van der Waals surface area (Å²) in [7, 11) is 0. The quantitative estimate of drug-likeness (QED) is 0.746. The third-order valence-corrected chi connectivity index (χ3v) is 5.21. The number of nitrogens with one attached hydrogen (secondary N) is 1. The van der Waals surface area contributed by atoms with Crippen LogP contribution in [0.25, 0.3) is 0 Å². The van der Waals surface area contributed by atoms with Gasteiger partial charge in [0.2, 0.25) is 0 Å². The first-order chi connectivity index (χ1) is 10.2. The summed E-state index contributed by atoms with van der Waals surface area (Å²) < 4.78 is 0. The van der Waals surface area contributed by atoms with Gasteiger partial charge in [0.15, 0.2) is 0 Å². The van der Waals surface area contributed by atoms with Crippen molar-refractivity contribution in [2.45, 2.75) is 50.6 Å². The molecule has 3 aliphatic heterocycles. The van der Waals surface area contributed by atoms with Crippen LogP contribution in [0, 0.1) is 5.92 Å². The molecule has 2 N–H and O–H groups in total. The van der Waals surface area contributed by atoms with Crippen LogP contribution >= 0.6 is 0 Å². The van der Waals surface area contributed by atoms with Gasteiger partial charge in [-0.05, 0) is 58.2 Å². The summed E-state index contributed by atoms with van der Waals surface area (Å²) in [4.78, 5) is 27.7. The monoisotopic (exact) mass is 295 g/mol. The number of nitrogens with zero attached hydrogens (tertiary/aromatic N) is 2. The maximum atomic E-state index is 12.3. The lowest BCUT2D eigenvalue weighted by molar-refractivity contribution is -0.142. The molecule has 3 fully saturated rings. The van der Waals surface area contributed by atoms with Crippen LogP contribution in [0.4, 0.5) is 4.79 Å². The second-order valence-corrected chi connectivity index (χ2v) is 6.52. The summed E-state index contributed by atoms with van der Waals surface area (Å²) in [5.41, 5.74) is 0. The van der Waals surface area contributed by atoms with Crippen molar-refractivity contribution in [1.29, 1.82) is 0 Å². The molecule has 2 amide bonds. The molecule has 0 saturated carbocycles. The number of aliphatic carboxylic acids is 1. The first-order valence-corrected chi connectivity index (χ1v) is 8.18. The predicted molar refractivity (Wildman–Crippen MR) is 78.1 cm³/mol. The number of carbonyl (C=O) groups excluding carboxylic acids is 1. The van der Waals surface area contributed by atoms with Gasteiger partial charge in [0.05, 0.1) is 5.92 Å². The molecule has 2 bridgehead atoms. The third-order valence-electron chi connectivity index (χ3n) is 5.21. The Kier molecular flexibility index (Phi) is 4.33. The van der Waals surface area contributed by atoms with Crippen molar-refractivity contribution in [2.75, 3.05) is 26.2 Å². The Hall–Kier alpha value is -1.30. The molecule has 3 saturated heterocycles. The van der Waals surface area contributed by atoms with Gasteiger partial charge in [0.1, 0.15) is 0 Å². The van der Waals surface area contributed by atoms with E-state index in [-0.39, 0.29) is 24.0 Å². The molecule has 0 spiro atoms. The van der Waals surface area contributed by atoms with E-state index in [1.807, 2.05) is 0 Å². The molecule has 0 aromatic rings. The van der Waals surface area contributed by atoms with Crippen molar-refractivity contribution in [3.63, 3.8) is 0 Å². The van der Waals surface area contributed by atoms with Gasteiger partial charge >= 0.3 is 12.0 Å². The number of hydrogen-bond acceptors (Lipinski definition) is 3. The molecule has 3 heterocycles. The largest absolute Gasteiger partial charge is 0.481 e. The number of carboxylic acids is 1. The van der Waals surface area contributed by atoms with E-state index < -0.39 is 5.97 Å². The predicted octanol–water partition coefficient (Wildman–Crippen LogP) is 1.12. The molecule has 21 heavy (non-hydrogen) atoms. The Bertz CT molecular complexity index is 409. The smallest absolute Gasteiger partial charge is 0.317 e. The number of carbonyl (C=O) groups is 2. The van der Waals surface area contributed by atoms with Crippen molar-refractivity contribution in [1.82, 2.24) is 15.1 Å². The lowest BCUT2D eigenvalue weighted by Gasteiger charge is -2.23. The highest BCUT2D eigenvalue weighted by Crippen LogP contribution is 2.41. The second-order valence-electron chi connectivity index (χ2n) is 6.52. The first-order valence-electron chi connectivity index (χ1n) is 8.18. The van der Waals surface area contributed by atoms with Crippen LogP contribution in [0.5, 0.6) is 0 Å². The van der Waals surface area contributed by atoms with Crippen LogP contribution in [0.1, 0.15) is 38.5 Å². The van der Waals surface area contributed by atoms with Gasteiger partial charge in [-0.3, -0.25) is 4.79 Å². The minimum Gasteiger partial charge on any atom is -0.481 e. The molecule has 0 radical (unpaired) electrons. The standard InChI is InChI=1S/C15H25N3O3/c19-14(20)12-10-11-4-5-13(12)18(11)15(21)16-6-3-9-17-7-1-2-8-17/h11-13H,1-10H2,(H,16,21)(H,19,20). The van der Waals surface area contributed by atoms with Crippen LogP contribution in [-0.4, -0.2) is 65.2 Å². The molecule has 0 aromatic carbocycles. The number of fused-ring (bicyclic) bond motifs is 2. The summed E-state index contributed by atoms with van der Waals surface area (Å²) >= 11 is 0. The highest BCUT2D eigenvalue weighted by Gasteiger charge is 2.51. The zero-order chi connectivity index (χ0) is 14.8. The van der Waals surface area contributed by atoms with Gasteiger partial charge in [0, 0.05) is 18.6 Å². The number of amides is 2. The van der Waals surface area contributed by atoms with Gasteiger partial charge < -0.3 is 20.2 Å². The van der Waals surface area contributed by atoms with Crippen molar-refractivity contribution in [3.8, 4) is 0 Å². The average molecular weight is 295 g/mol.